The van der Waals surface area contributed by atoms with E-state index in [1.54, 1.807) is 70.2 Å². The summed E-state index contributed by atoms with van der Waals surface area (Å²) < 4.78 is 51.6. The molecule has 0 saturated carbocycles. The number of ether oxygens (including phenoxy) is 4. The zero-order valence-corrected chi connectivity index (χ0v) is 29.9. The number of rotatable bonds is 14. The van der Waals surface area contributed by atoms with Crippen LogP contribution >= 0.6 is 7.75 Å². The fourth-order valence-electron chi connectivity index (χ4n) is 5.53. The molecule has 17 heteroatoms. The summed E-state index contributed by atoms with van der Waals surface area (Å²) in [6.07, 6.45) is -2.91. The number of likely N-dealkylation sites (tertiary alicyclic amines) is 1. The molecule has 3 N–H and O–H groups in total. The molecule has 0 unspecified atom stereocenters. The standard InChI is InChI=1S/C33H45N6O10P/c1-19(2)31(40)47-28-26(46-27(29(28)48-32(41)20(3)4)24-12-13-25-30(34)35-18-36-39(24)25)17-44-50(43,49-22-10-8-7-9-11-22)37-21(5)33(42)45-23-14-15-38(6)16-23/h7-13,18-21,23,26-29H,14-17H2,1-6H3,(H,37,43)(H2,34,35,36)/t21-,23+,26+,27-,28+,29-,50-/m0/s1. The van der Waals surface area contributed by atoms with Crippen LogP contribution in [0.3, 0.4) is 0 Å². The van der Waals surface area contributed by atoms with E-state index >= 15 is 0 Å². The number of nitrogen functional groups attached to an aromatic ring is 1. The number of esters is 3. The number of likely N-dealkylation sites (N-methyl/N-ethyl adjacent to an activating group) is 1. The molecule has 2 saturated heterocycles. The fourth-order valence-corrected chi connectivity index (χ4v) is 7.03. The van der Waals surface area contributed by atoms with Crippen molar-refractivity contribution in [3.8, 4) is 5.75 Å². The Bertz CT molecular complexity index is 1700. The molecule has 2 aliphatic rings. The molecular weight excluding hydrogens is 671 g/mol. The van der Waals surface area contributed by atoms with Gasteiger partial charge in [0.15, 0.2) is 18.0 Å². The number of fused-ring (bicyclic) bond motifs is 1. The van der Waals surface area contributed by atoms with Gasteiger partial charge in [0.1, 0.15) is 41.9 Å². The Labute approximate surface area is 290 Å². The monoisotopic (exact) mass is 716 g/mol. The highest BCUT2D eigenvalue weighted by Gasteiger charge is 2.52. The number of aromatic nitrogens is 3. The van der Waals surface area contributed by atoms with E-state index in [2.05, 4.69) is 15.2 Å². The van der Waals surface area contributed by atoms with E-state index in [0.717, 1.165) is 6.54 Å². The van der Waals surface area contributed by atoms with Gasteiger partial charge in [-0.2, -0.15) is 10.2 Å². The third-order valence-corrected chi connectivity index (χ3v) is 9.92. The summed E-state index contributed by atoms with van der Waals surface area (Å²) in [5, 5.41) is 6.99. The summed E-state index contributed by atoms with van der Waals surface area (Å²) >= 11 is 0. The van der Waals surface area contributed by atoms with E-state index in [0.29, 0.717) is 24.2 Å². The van der Waals surface area contributed by atoms with Crippen molar-refractivity contribution in [2.45, 2.75) is 77.6 Å². The Morgan fingerprint density at radius 3 is 2.30 bits per heavy atom. The number of carbonyl (C=O) groups excluding carboxylic acids is 3. The van der Waals surface area contributed by atoms with Gasteiger partial charge in [-0.25, -0.2) is 14.1 Å². The second-order valence-corrected chi connectivity index (χ2v) is 14.8. The van der Waals surface area contributed by atoms with Gasteiger partial charge in [-0.3, -0.25) is 18.9 Å². The number of nitrogens with one attached hydrogen (secondary N) is 1. The van der Waals surface area contributed by atoms with Crippen LogP contribution < -0.4 is 15.3 Å². The van der Waals surface area contributed by atoms with Crippen molar-refractivity contribution in [2.75, 3.05) is 32.5 Å². The largest absolute Gasteiger partial charge is 0.460 e. The first-order chi connectivity index (χ1) is 23.7. The third-order valence-electron chi connectivity index (χ3n) is 8.27. The second-order valence-electron chi connectivity index (χ2n) is 13.1. The topological polar surface area (TPSA) is 195 Å². The molecule has 2 fully saturated rings. The van der Waals surface area contributed by atoms with Crippen molar-refractivity contribution in [3.63, 3.8) is 0 Å². The van der Waals surface area contributed by atoms with Crippen LogP contribution in [0.25, 0.3) is 5.52 Å². The number of carbonyl (C=O) groups is 3. The number of anilines is 1. The van der Waals surface area contributed by atoms with Gasteiger partial charge in [0.25, 0.3) is 0 Å². The lowest BCUT2D eigenvalue weighted by atomic mass is 10.0. The van der Waals surface area contributed by atoms with E-state index in [1.165, 1.54) is 17.8 Å². The zero-order chi connectivity index (χ0) is 36.2. The number of nitrogens with two attached hydrogens (primary N) is 1. The van der Waals surface area contributed by atoms with Crippen molar-refractivity contribution >= 4 is 37.0 Å². The van der Waals surface area contributed by atoms with Crippen LogP contribution in [-0.4, -0.2) is 94.6 Å². The van der Waals surface area contributed by atoms with E-state index in [9.17, 15) is 18.9 Å². The summed E-state index contributed by atoms with van der Waals surface area (Å²) in [5.74, 6) is -2.43. The first-order valence-electron chi connectivity index (χ1n) is 16.5. The highest BCUT2D eigenvalue weighted by molar-refractivity contribution is 7.52. The van der Waals surface area contributed by atoms with Crippen LogP contribution in [0, 0.1) is 11.8 Å². The van der Waals surface area contributed by atoms with Crippen LogP contribution in [0.1, 0.15) is 52.8 Å². The molecule has 7 atom stereocenters. The Hall–Kier alpha value is -4.08. The third kappa shape index (κ3) is 8.79. The first-order valence-corrected chi connectivity index (χ1v) is 18.1. The number of hydrogen-bond acceptors (Lipinski definition) is 14. The molecule has 0 aliphatic carbocycles. The number of para-hydroxylation sites is 1. The first kappa shape index (κ1) is 37.2. The molecule has 0 radical (unpaired) electrons. The lowest BCUT2D eigenvalue weighted by Crippen LogP contribution is -2.42. The van der Waals surface area contributed by atoms with Crippen molar-refractivity contribution < 1.29 is 46.9 Å². The number of benzene rings is 1. The molecule has 5 rings (SSSR count). The smallest absolute Gasteiger partial charge is 0.459 e. The molecule has 0 amide bonds. The van der Waals surface area contributed by atoms with Crippen molar-refractivity contribution in [1.29, 1.82) is 0 Å². The van der Waals surface area contributed by atoms with E-state index in [-0.39, 0.29) is 17.7 Å². The summed E-state index contributed by atoms with van der Waals surface area (Å²) in [7, 11) is -2.43. The maximum atomic E-state index is 14.4. The maximum Gasteiger partial charge on any atom is 0.459 e. The minimum absolute atomic E-state index is 0.204. The number of nitrogens with zero attached hydrogens (tertiary/aromatic N) is 4. The highest BCUT2D eigenvalue weighted by Crippen LogP contribution is 2.47. The molecular formula is C33H45N6O10P. The van der Waals surface area contributed by atoms with Crippen LogP contribution in [0.15, 0.2) is 48.8 Å². The molecule has 2 aromatic heterocycles. The number of hydrogen-bond donors (Lipinski definition) is 2. The predicted octanol–water partition coefficient (Wildman–Crippen LogP) is 3.32. The second kappa shape index (κ2) is 15.9. The molecule has 50 heavy (non-hydrogen) atoms. The SMILES string of the molecule is CC(C)C(=O)O[C@@H]1[C@H](OC(=O)C(C)C)[C@@H](CO[P@@](=O)(N[C@@H](C)C(=O)O[C@@H]2CCN(C)C2)Oc2ccccc2)O[C@H]1c1ccc2c(N)ncnn12. The van der Waals surface area contributed by atoms with E-state index in [1.807, 2.05) is 11.9 Å². The lowest BCUT2D eigenvalue weighted by Gasteiger charge is -2.27. The molecule has 4 heterocycles. The predicted molar refractivity (Wildman–Crippen MR) is 180 cm³/mol. The average molecular weight is 717 g/mol. The van der Waals surface area contributed by atoms with Crippen LogP contribution in [0.5, 0.6) is 5.75 Å². The Kier molecular flexibility index (Phi) is 11.8. The molecule has 1 aromatic carbocycles. The van der Waals surface area contributed by atoms with Gasteiger partial charge < -0.3 is 34.1 Å². The van der Waals surface area contributed by atoms with Gasteiger partial charge in [-0.15, -0.1) is 0 Å². The maximum absolute atomic E-state index is 14.4. The summed E-state index contributed by atoms with van der Waals surface area (Å²) in [6.45, 7) is 9.05. The summed E-state index contributed by atoms with van der Waals surface area (Å²) in [5.41, 5.74) is 6.98. The normalized spacial score (nSPS) is 24.3. The summed E-state index contributed by atoms with van der Waals surface area (Å²) in [6, 6.07) is 10.6. The van der Waals surface area contributed by atoms with Gasteiger partial charge >= 0.3 is 25.7 Å². The lowest BCUT2D eigenvalue weighted by molar-refractivity contribution is -0.171. The van der Waals surface area contributed by atoms with Crippen molar-refractivity contribution in [2.24, 2.45) is 11.8 Å². The molecule has 16 nitrogen and oxygen atoms in total. The Balaban J connectivity index is 1.44. The quantitative estimate of drug-likeness (QED) is 0.140. The van der Waals surface area contributed by atoms with Crippen molar-refractivity contribution in [1.82, 2.24) is 24.6 Å². The van der Waals surface area contributed by atoms with Crippen LogP contribution in [0.2, 0.25) is 0 Å². The zero-order valence-electron chi connectivity index (χ0n) is 29.0. The Morgan fingerprint density at radius 2 is 1.66 bits per heavy atom. The highest BCUT2D eigenvalue weighted by atomic mass is 31.2. The van der Waals surface area contributed by atoms with Gasteiger partial charge in [-0.05, 0) is 44.7 Å². The molecule has 272 valence electrons. The molecule has 0 bridgehead atoms. The van der Waals surface area contributed by atoms with Crippen molar-refractivity contribution in [3.05, 3.63) is 54.5 Å². The van der Waals surface area contributed by atoms with Gasteiger partial charge in [-0.1, -0.05) is 45.9 Å². The molecule has 2 aliphatic heterocycles. The fraction of sp³-hybridized carbons (Fsp3) is 0.545. The van der Waals surface area contributed by atoms with Crippen LogP contribution in [-0.2, 0) is 42.4 Å². The van der Waals surface area contributed by atoms with Gasteiger partial charge in [0.2, 0.25) is 0 Å². The summed E-state index contributed by atoms with van der Waals surface area (Å²) in [4.78, 5) is 45.2. The molecule has 0 spiro atoms. The minimum atomic E-state index is -4.36. The molecule has 3 aromatic rings. The van der Waals surface area contributed by atoms with Gasteiger partial charge in [0.05, 0.1) is 24.1 Å². The average Bonchev–Trinajstić information content (AvgIpc) is 3.78. The van der Waals surface area contributed by atoms with E-state index in [4.69, 9.17) is 33.7 Å². The van der Waals surface area contributed by atoms with Gasteiger partial charge in [0, 0.05) is 13.1 Å². The Morgan fingerprint density at radius 1 is 0.980 bits per heavy atom. The van der Waals surface area contributed by atoms with Crippen LogP contribution in [0.4, 0.5) is 5.82 Å². The van der Waals surface area contributed by atoms with E-state index < -0.39 is 74.6 Å². The minimum Gasteiger partial charge on any atom is -0.460 e.